The van der Waals surface area contributed by atoms with Gasteiger partial charge in [0.25, 0.3) is 5.56 Å². The average Bonchev–Trinajstić information content (AvgIpc) is 3.31. The summed E-state index contributed by atoms with van der Waals surface area (Å²) < 4.78 is 1.53. The summed E-state index contributed by atoms with van der Waals surface area (Å²) >= 11 is 0. The lowest BCUT2D eigenvalue weighted by atomic mass is 9.91. The van der Waals surface area contributed by atoms with Crippen LogP contribution in [0.2, 0.25) is 0 Å². The molecule has 0 saturated carbocycles. The Morgan fingerprint density at radius 1 is 1.14 bits per heavy atom. The van der Waals surface area contributed by atoms with Crippen molar-refractivity contribution in [2.24, 2.45) is 5.73 Å². The number of hydrogen-bond acceptors (Lipinski definition) is 6. The molecule has 182 valence electrons. The van der Waals surface area contributed by atoms with E-state index >= 15 is 0 Å². The van der Waals surface area contributed by atoms with Gasteiger partial charge < -0.3 is 16.4 Å². The molecule has 10 nitrogen and oxygen atoms in total. The first-order chi connectivity index (χ1) is 17.0. The lowest BCUT2D eigenvalue weighted by Crippen LogP contribution is -2.39. The Bertz CT molecular complexity index is 1180. The van der Waals surface area contributed by atoms with E-state index in [1.807, 2.05) is 36.4 Å². The molecule has 0 bridgehead atoms. The number of nitrogens with one attached hydrogen (secondary N) is 4. The molecular formula is C25H29N7O3. The number of hydroxylamine groups is 1. The molecule has 10 heteroatoms. The molecule has 4 rings (SSSR count). The number of guanidine groups is 1. The number of aryl methyl sites for hydroxylation is 1. The van der Waals surface area contributed by atoms with Crippen LogP contribution in [0.25, 0.3) is 0 Å². The molecule has 0 saturated heterocycles. The van der Waals surface area contributed by atoms with Crippen LogP contribution in [0.5, 0.6) is 0 Å². The zero-order valence-electron chi connectivity index (χ0n) is 19.2. The number of amides is 1. The van der Waals surface area contributed by atoms with E-state index in [4.69, 9.17) is 16.0 Å². The topological polar surface area (TPSA) is 147 Å². The van der Waals surface area contributed by atoms with Gasteiger partial charge in [-0.3, -0.25) is 24.4 Å². The maximum absolute atomic E-state index is 13.3. The fourth-order valence-electron chi connectivity index (χ4n) is 4.28. The molecule has 2 aromatic carbocycles. The zero-order valence-corrected chi connectivity index (χ0v) is 19.2. The van der Waals surface area contributed by atoms with Crippen LogP contribution in [0.15, 0.2) is 71.7 Å². The molecule has 2 heterocycles. The Morgan fingerprint density at radius 2 is 1.80 bits per heavy atom. The predicted octanol–water partition coefficient (Wildman–Crippen LogP) is 1.51. The molecule has 35 heavy (non-hydrogen) atoms. The van der Waals surface area contributed by atoms with Gasteiger partial charge in [-0.2, -0.15) is 0 Å². The largest absolute Gasteiger partial charge is 0.368 e. The molecule has 0 fully saturated rings. The smallest absolute Gasteiger partial charge is 0.294 e. The van der Waals surface area contributed by atoms with Crippen molar-refractivity contribution < 1.29 is 9.63 Å². The number of anilines is 1. The number of benzene rings is 2. The molecule has 0 aliphatic carbocycles. The molecular weight excluding hydrogens is 446 g/mol. The summed E-state index contributed by atoms with van der Waals surface area (Å²) in [6.45, 7) is 0.821. The van der Waals surface area contributed by atoms with Gasteiger partial charge in [0, 0.05) is 30.9 Å². The number of carbonyl (C=O) groups is 1. The monoisotopic (exact) mass is 475 g/mol. The number of carbonyl (C=O) groups excluding carboxylic acids is 1. The molecule has 0 unspecified atom stereocenters. The Labute approximate surface area is 203 Å². The van der Waals surface area contributed by atoms with Crippen LogP contribution in [0.4, 0.5) is 5.82 Å². The number of nitrogens with two attached hydrogens (primary N) is 1. The first-order valence-corrected chi connectivity index (χ1v) is 11.5. The summed E-state index contributed by atoms with van der Waals surface area (Å²) in [5.41, 5.74) is 10.0. The van der Waals surface area contributed by atoms with E-state index in [2.05, 4.69) is 45.4 Å². The SMILES string of the molecule is N=C(N)NOCCNC(=O)[C@@H]1CCc2cnc(NCC(c3ccccc3)c3ccccc3)c(=O)n21. The Morgan fingerprint density at radius 3 is 2.43 bits per heavy atom. The van der Waals surface area contributed by atoms with Gasteiger partial charge in [0.05, 0.1) is 6.61 Å². The Hall–Kier alpha value is -4.18. The lowest BCUT2D eigenvalue weighted by Gasteiger charge is -2.20. The zero-order chi connectivity index (χ0) is 24.6. The summed E-state index contributed by atoms with van der Waals surface area (Å²) in [6.07, 6.45) is 2.78. The molecule has 6 N–H and O–H groups in total. The first kappa shape index (κ1) is 24.0. The minimum atomic E-state index is -0.610. The van der Waals surface area contributed by atoms with Gasteiger partial charge in [-0.1, -0.05) is 60.7 Å². The van der Waals surface area contributed by atoms with E-state index in [1.54, 1.807) is 6.20 Å². The van der Waals surface area contributed by atoms with E-state index in [-0.39, 0.29) is 42.3 Å². The van der Waals surface area contributed by atoms with E-state index in [0.29, 0.717) is 19.4 Å². The fraction of sp³-hybridized carbons (Fsp3) is 0.280. The number of nitrogens with zero attached hydrogens (tertiary/aromatic N) is 2. The van der Waals surface area contributed by atoms with Gasteiger partial charge in [0.2, 0.25) is 11.9 Å². The van der Waals surface area contributed by atoms with Gasteiger partial charge in [-0.05, 0) is 24.0 Å². The van der Waals surface area contributed by atoms with Gasteiger partial charge >= 0.3 is 0 Å². The molecule has 1 amide bonds. The van der Waals surface area contributed by atoms with Crippen molar-refractivity contribution in [2.75, 3.05) is 25.0 Å². The van der Waals surface area contributed by atoms with Crippen molar-refractivity contribution in [3.63, 3.8) is 0 Å². The Balaban J connectivity index is 1.47. The van der Waals surface area contributed by atoms with E-state index in [0.717, 1.165) is 16.8 Å². The molecule has 3 aromatic rings. The summed E-state index contributed by atoms with van der Waals surface area (Å²) in [7, 11) is 0. The third kappa shape index (κ3) is 5.85. The van der Waals surface area contributed by atoms with Crippen LogP contribution in [0.3, 0.4) is 0 Å². The van der Waals surface area contributed by atoms with E-state index in [1.165, 1.54) is 4.57 Å². The summed E-state index contributed by atoms with van der Waals surface area (Å²) in [5, 5.41) is 13.0. The maximum Gasteiger partial charge on any atom is 0.294 e. The van der Waals surface area contributed by atoms with Crippen LogP contribution in [0.1, 0.15) is 35.2 Å². The first-order valence-electron chi connectivity index (χ1n) is 11.5. The van der Waals surface area contributed by atoms with E-state index < -0.39 is 6.04 Å². The molecule has 0 spiro atoms. The van der Waals surface area contributed by atoms with Gasteiger partial charge in [-0.25, -0.2) is 10.5 Å². The van der Waals surface area contributed by atoms with Crippen molar-refractivity contribution >= 4 is 17.7 Å². The second kappa shape index (κ2) is 11.3. The maximum atomic E-state index is 13.3. The average molecular weight is 476 g/mol. The highest BCUT2D eigenvalue weighted by Gasteiger charge is 2.30. The number of fused-ring (bicyclic) bond motifs is 1. The fourth-order valence-corrected chi connectivity index (χ4v) is 4.28. The quantitative estimate of drug-likeness (QED) is 0.129. The molecule has 1 aromatic heterocycles. The van der Waals surface area contributed by atoms with Crippen molar-refractivity contribution in [3.8, 4) is 0 Å². The molecule has 1 aliphatic rings. The van der Waals surface area contributed by atoms with Crippen LogP contribution in [0, 0.1) is 5.41 Å². The summed E-state index contributed by atoms with van der Waals surface area (Å²) in [5.74, 6) is -0.332. The van der Waals surface area contributed by atoms with Crippen molar-refractivity contribution in [2.45, 2.75) is 24.8 Å². The molecule has 1 aliphatic heterocycles. The highest BCUT2D eigenvalue weighted by atomic mass is 16.6. The predicted molar refractivity (Wildman–Crippen MR) is 133 cm³/mol. The van der Waals surface area contributed by atoms with Crippen molar-refractivity contribution in [1.82, 2.24) is 20.3 Å². The highest BCUT2D eigenvalue weighted by Crippen LogP contribution is 2.26. The van der Waals surface area contributed by atoms with E-state index in [9.17, 15) is 9.59 Å². The molecule has 0 radical (unpaired) electrons. The van der Waals surface area contributed by atoms with Crippen LogP contribution in [-0.4, -0.2) is 41.1 Å². The van der Waals surface area contributed by atoms with Gasteiger partial charge in [0.15, 0.2) is 5.82 Å². The molecule has 1 atom stereocenters. The van der Waals surface area contributed by atoms with Crippen molar-refractivity contribution in [1.29, 1.82) is 5.41 Å². The van der Waals surface area contributed by atoms with Crippen LogP contribution < -0.4 is 27.4 Å². The summed E-state index contributed by atoms with van der Waals surface area (Å²) in [4.78, 5) is 35.4. The van der Waals surface area contributed by atoms with Crippen LogP contribution in [-0.2, 0) is 16.1 Å². The summed E-state index contributed by atoms with van der Waals surface area (Å²) in [6, 6.07) is 19.6. The second-order valence-corrected chi connectivity index (χ2v) is 8.24. The third-order valence-corrected chi connectivity index (χ3v) is 5.92. The highest BCUT2D eigenvalue weighted by molar-refractivity contribution is 5.81. The lowest BCUT2D eigenvalue weighted by molar-refractivity contribution is -0.124. The Kier molecular flexibility index (Phi) is 7.74. The van der Waals surface area contributed by atoms with Crippen molar-refractivity contribution in [3.05, 3.63) is 94.0 Å². The number of aromatic nitrogens is 2. The number of hydrogen-bond donors (Lipinski definition) is 5. The minimum absolute atomic E-state index is 0.0274. The van der Waals surface area contributed by atoms with Gasteiger partial charge in [0.1, 0.15) is 6.04 Å². The van der Waals surface area contributed by atoms with Gasteiger partial charge in [-0.15, -0.1) is 0 Å². The third-order valence-electron chi connectivity index (χ3n) is 5.92. The second-order valence-electron chi connectivity index (χ2n) is 8.24. The standard InChI is InChI=1S/C25H29N7O3/c26-25(27)31-35-14-13-28-23(33)21-12-11-19-15-29-22(24(34)32(19)21)30-16-20(17-7-3-1-4-8-17)18-9-5-2-6-10-18/h1-10,15,20-21H,11-14,16H2,(H,28,33)(H,29,30)(H4,26,27,31)/t21-/m0/s1. The van der Waals surface area contributed by atoms with Crippen LogP contribution >= 0.6 is 0 Å². The minimum Gasteiger partial charge on any atom is -0.368 e. The number of rotatable bonds is 10. The normalized spacial score (nSPS) is 14.4.